The summed E-state index contributed by atoms with van der Waals surface area (Å²) in [6.07, 6.45) is 2.18. The summed E-state index contributed by atoms with van der Waals surface area (Å²) >= 11 is 2.94. The third-order valence-electron chi connectivity index (χ3n) is 5.04. The molecule has 2 aromatic carbocycles. The van der Waals surface area contributed by atoms with Gasteiger partial charge in [-0.15, -0.1) is 11.3 Å². The molecule has 4 rings (SSSR count). The molecule has 162 valence electrons. The largest absolute Gasteiger partial charge is 0.506 e. The highest BCUT2D eigenvalue weighted by Crippen LogP contribution is 2.42. The zero-order valence-corrected chi connectivity index (χ0v) is 19.4. The number of aldehydes is 1. The Kier molecular flexibility index (Phi) is 6.25. The summed E-state index contributed by atoms with van der Waals surface area (Å²) in [6, 6.07) is 12.6. The molecule has 0 aliphatic rings. The molecule has 1 atom stereocenters. The van der Waals surface area contributed by atoms with Crippen LogP contribution in [0, 0.1) is 13.8 Å². The molecule has 6 nitrogen and oxygen atoms in total. The van der Waals surface area contributed by atoms with Crippen LogP contribution in [0.1, 0.15) is 27.7 Å². The van der Waals surface area contributed by atoms with E-state index in [0.29, 0.717) is 11.8 Å². The van der Waals surface area contributed by atoms with E-state index >= 15 is 0 Å². The monoisotopic (exact) mass is 463 g/mol. The molecule has 0 saturated carbocycles. The lowest BCUT2D eigenvalue weighted by Crippen LogP contribution is -2.22. The fraction of sp³-hybridized carbons (Fsp3) is 0.167. The number of nitrogens with one attached hydrogen (secondary N) is 1. The minimum atomic E-state index is -0.501. The van der Waals surface area contributed by atoms with E-state index in [-0.39, 0.29) is 17.3 Å². The van der Waals surface area contributed by atoms with Crippen LogP contribution in [0.4, 0.5) is 5.69 Å². The van der Waals surface area contributed by atoms with Gasteiger partial charge in [0.25, 0.3) is 0 Å². The Morgan fingerprint density at radius 3 is 2.62 bits per heavy atom. The number of phenolic OH excluding ortho intramolecular Hbond substituents is 1. The highest BCUT2D eigenvalue weighted by molar-refractivity contribution is 8.00. The summed E-state index contributed by atoms with van der Waals surface area (Å²) in [5.41, 5.74) is 3.92. The van der Waals surface area contributed by atoms with Crippen molar-refractivity contribution < 1.29 is 14.7 Å². The first kappa shape index (κ1) is 22.0. The van der Waals surface area contributed by atoms with E-state index in [1.807, 2.05) is 0 Å². The lowest BCUT2D eigenvalue weighted by atomic mass is 10.0. The van der Waals surface area contributed by atoms with Gasteiger partial charge in [0.2, 0.25) is 5.91 Å². The molecule has 0 saturated heterocycles. The number of benzene rings is 2. The van der Waals surface area contributed by atoms with Crippen LogP contribution in [0.5, 0.6) is 5.75 Å². The van der Waals surface area contributed by atoms with Crippen molar-refractivity contribution in [1.29, 1.82) is 0 Å². The van der Waals surface area contributed by atoms with Crippen LogP contribution >= 0.6 is 23.1 Å². The van der Waals surface area contributed by atoms with Crippen LogP contribution in [-0.2, 0) is 4.79 Å². The molecule has 4 aromatic rings. The number of rotatable bonds is 6. The molecule has 0 bridgehead atoms. The van der Waals surface area contributed by atoms with Gasteiger partial charge in [-0.1, -0.05) is 41.6 Å². The smallest absolute Gasteiger partial charge is 0.237 e. The fourth-order valence-corrected chi connectivity index (χ4v) is 5.36. The molecule has 1 unspecified atom stereocenters. The predicted octanol–water partition coefficient (Wildman–Crippen LogP) is 5.61. The molecule has 0 aliphatic carbocycles. The van der Waals surface area contributed by atoms with Gasteiger partial charge in [-0.2, -0.15) is 0 Å². The third-order valence-corrected chi connectivity index (χ3v) is 7.16. The van der Waals surface area contributed by atoms with Crippen molar-refractivity contribution in [3.63, 3.8) is 0 Å². The molecular formula is C24H21N3O3S2. The summed E-state index contributed by atoms with van der Waals surface area (Å²) in [5, 5.41) is 13.9. The number of aromatic nitrogens is 2. The lowest BCUT2D eigenvalue weighted by molar-refractivity contribution is -0.115. The van der Waals surface area contributed by atoms with Gasteiger partial charge in [-0.25, -0.2) is 9.97 Å². The first-order chi connectivity index (χ1) is 15.4. The summed E-state index contributed by atoms with van der Waals surface area (Å²) in [4.78, 5) is 34.8. The van der Waals surface area contributed by atoms with Gasteiger partial charge in [0.05, 0.1) is 16.3 Å². The Bertz CT molecular complexity index is 1320. The number of thioether (sulfide) groups is 1. The topological polar surface area (TPSA) is 92.2 Å². The number of amides is 1. The number of aryl methyl sites for hydroxylation is 2. The van der Waals surface area contributed by atoms with E-state index in [1.54, 1.807) is 18.3 Å². The van der Waals surface area contributed by atoms with Crippen molar-refractivity contribution in [1.82, 2.24) is 9.97 Å². The molecule has 0 radical (unpaired) electrons. The van der Waals surface area contributed by atoms with Crippen LogP contribution in [-0.4, -0.2) is 32.5 Å². The minimum Gasteiger partial charge on any atom is -0.506 e. The number of hydrogen-bond acceptors (Lipinski definition) is 7. The molecule has 2 N–H and O–H groups in total. The number of nitrogens with zero attached hydrogens (tertiary/aromatic N) is 2. The molecule has 0 aliphatic heterocycles. The molecule has 0 spiro atoms. The van der Waals surface area contributed by atoms with Crippen LogP contribution in [0.25, 0.3) is 21.3 Å². The fourth-order valence-electron chi connectivity index (χ4n) is 3.36. The van der Waals surface area contributed by atoms with Gasteiger partial charge in [0, 0.05) is 16.0 Å². The van der Waals surface area contributed by atoms with Crippen molar-refractivity contribution in [3.8, 4) is 16.9 Å². The van der Waals surface area contributed by atoms with Crippen LogP contribution < -0.4 is 5.32 Å². The van der Waals surface area contributed by atoms with Crippen LogP contribution in [0.15, 0.2) is 53.8 Å². The number of hydrogen-bond donors (Lipinski definition) is 2. The number of carbonyl (C=O) groups is 2. The van der Waals surface area contributed by atoms with E-state index in [4.69, 9.17) is 0 Å². The maximum Gasteiger partial charge on any atom is 0.237 e. The van der Waals surface area contributed by atoms with E-state index in [0.717, 1.165) is 31.2 Å². The Hall–Kier alpha value is -3.23. The van der Waals surface area contributed by atoms with Gasteiger partial charge in [-0.05, 0) is 44.5 Å². The van der Waals surface area contributed by atoms with E-state index in [1.165, 1.54) is 41.9 Å². The number of carbonyl (C=O) groups excluding carboxylic acids is 2. The molecule has 8 heteroatoms. The van der Waals surface area contributed by atoms with E-state index in [2.05, 4.69) is 53.4 Å². The first-order valence-electron chi connectivity index (χ1n) is 9.94. The quantitative estimate of drug-likeness (QED) is 0.167. The number of thiophene rings is 1. The average Bonchev–Trinajstić information content (AvgIpc) is 3.12. The van der Waals surface area contributed by atoms with Crippen LogP contribution in [0.2, 0.25) is 0 Å². The maximum atomic E-state index is 12.8. The average molecular weight is 464 g/mol. The predicted molar refractivity (Wildman–Crippen MR) is 130 cm³/mol. The molecule has 32 heavy (non-hydrogen) atoms. The SMILES string of the molecule is Cc1ccc(-c2c(C)sc3ncnc(SC(C)C(=O)Nc4cc(C=O)ccc4O)c23)cc1. The second kappa shape index (κ2) is 9.10. The Balaban J connectivity index is 1.65. The number of phenols is 1. The van der Waals surface area contributed by atoms with E-state index in [9.17, 15) is 14.7 Å². The molecule has 1 amide bonds. The first-order valence-corrected chi connectivity index (χ1v) is 11.6. The summed E-state index contributed by atoms with van der Waals surface area (Å²) < 4.78 is 0. The van der Waals surface area contributed by atoms with Crippen LogP contribution in [0.3, 0.4) is 0 Å². The molecular weight excluding hydrogens is 442 g/mol. The Morgan fingerprint density at radius 1 is 1.16 bits per heavy atom. The lowest BCUT2D eigenvalue weighted by Gasteiger charge is -2.14. The van der Waals surface area contributed by atoms with Crippen molar-refractivity contribution in [2.75, 3.05) is 5.32 Å². The number of fused-ring (bicyclic) bond motifs is 1. The van der Waals surface area contributed by atoms with Gasteiger partial charge >= 0.3 is 0 Å². The maximum absolute atomic E-state index is 12.8. The zero-order chi connectivity index (χ0) is 22.8. The van der Waals surface area contributed by atoms with Gasteiger partial charge < -0.3 is 10.4 Å². The molecule has 2 aromatic heterocycles. The van der Waals surface area contributed by atoms with Gasteiger partial charge in [0.15, 0.2) is 0 Å². The van der Waals surface area contributed by atoms with Crippen molar-refractivity contribution in [2.45, 2.75) is 31.0 Å². The van der Waals surface area contributed by atoms with Crippen molar-refractivity contribution in [3.05, 3.63) is 64.8 Å². The minimum absolute atomic E-state index is 0.0966. The Morgan fingerprint density at radius 2 is 1.91 bits per heavy atom. The van der Waals surface area contributed by atoms with Gasteiger partial charge in [0.1, 0.15) is 28.2 Å². The normalized spacial score (nSPS) is 12.0. The van der Waals surface area contributed by atoms with Crippen molar-refractivity contribution in [2.24, 2.45) is 0 Å². The standard InChI is InChI=1S/C24H21N3O3S2/c1-13-4-7-17(8-5-13)20-14(2)31-23-21(20)24(26-12-25-23)32-15(3)22(30)27-18-10-16(11-28)6-9-19(18)29/h4-12,15,29H,1-3H3,(H,27,30). The molecule has 2 heterocycles. The summed E-state index contributed by atoms with van der Waals surface area (Å²) in [6.45, 7) is 5.89. The second-order valence-electron chi connectivity index (χ2n) is 7.40. The number of anilines is 1. The van der Waals surface area contributed by atoms with E-state index < -0.39 is 5.25 Å². The van der Waals surface area contributed by atoms with Gasteiger partial charge in [-0.3, -0.25) is 9.59 Å². The second-order valence-corrected chi connectivity index (χ2v) is 9.93. The van der Waals surface area contributed by atoms with Crippen molar-refractivity contribution >= 4 is 51.2 Å². The Labute approximate surface area is 193 Å². The zero-order valence-electron chi connectivity index (χ0n) is 17.7. The molecule has 0 fully saturated rings. The highest BCUT2D eigenvalue weighted by Gasteiger charge is 2.22. The number of aromatic hydroxyl groups is 1. The third kappa shape index (κ3) is 4.37. The summed E-state index contributed by atoms with van der Waals surface area (Å²) in [5.74, 6) is -0.398. The summed E-state index contributed by atoms with van der Waals surface area (Å²) in [7, 11) is 0. The highest BCUT2D eigenvalue weighted by atomic mass is 32.2.